The molecule has 3 rings (SSSR count). The van der Waals surface area contributed by atoms with E-state index in [-0.39, 0.29) is 17.6 Å². The molecule has 7 heteroatoms. The number of nitrogens with zero attached hydrogens (tertiary/aromatic N) is 3. The maximum Gasteiger partial charge on any atom is 0.257 e. The number of carbonyl (C=O) groups is 2. The Morgan fingerprint density at radius 1 is 1.27 bits per heavy atom. The molecule has 2 amide bonds. The monoisotopic (exact) mass is 316 g/mol. The molecule has 0 spiro atoms. The third-order valence-electron chi connectivity index (χ3n) is 3.37. The Balaban J connectivity index is 1.56. The zero-order chi connectivity index (χ0) is 15.5. The first-order valence-corrected chi connectivity index (χ1v) is 8.07. The minimum absolute atomic E-state index is 0.142. The van der Waals surface area contributed by atoms with Crippen molar-refractivity contribution in [3.05, 3.63) is 41.7 Å². The molecule has 1 aliphatic carbocycles. The van der Waals surface area contributed by atoms with Gasteiger partial charge >= 0.3 is 0 Å². The fraction of sp³-hybridized carbons (Fsp3) is 0.333. The molecule has 0 saturated heterocycles. The van der Waals surface area contributed by atoms with Crippen LogP contribution in [0.2, 0.25) is 0 Å². The van der Waals surface area contributed by atoms with Crippen molar-refractivity contribution in [2.75, 3.05) is 5.75 Å². The Morgan fingerprint density at radius 3 is 2.68 bits per heavy atom. The Bertz CT molecular complexity index is 695. The molecule has 2 aromatic rings. The van der Waals surface area contributed by atoms with Crippen molar-refractivity contribution in [1.29, 1.82) is 0 Å². The zero-order valence-corrected chi connectivity index (χ0v) is 13.0. The summed E-state index contributed by atoms with van der Waals surface area (Å²) in [5, 5.41) is 11.3. The molecule has 1 saturated carbocycles. The second-order valence-corrected chi connectivity index (χ2v) is 6.11. The number of imide groups is 1. The lowest BCUT2D eigenvalue weighted by Gasteiger charge is -2.06. The number of hydrogen-bond acceptors (Lipinski definition) is 5. The van der Waals surface area contributed by atoms with E-state index in [1.165, 1.54) is 11.8 Å². The summed E-state index contributed by atoms with van der Waals surface area (Å²) < 4.78 is 2.07. The molecule has 1 aromatic carbocycles. The fourth-order valence-corrected chi connectivity index (χ4v) is 3.01. The molecule has 0 aliphatic heterocycles. The van der Waals surface area contributed by atoms with Crippen molar-refractivity contribution in [3.63, 3.8) is 0 Å². The molecule has 6 nitrogen and oxygen atoms in total. The highest BCUT2D eigenvalue weighted by atomic mass is 32.2. The molecular weight excluding hydrogens is 300 g/mol. The molecule has 0 atom stereocenters. The summed E-state index contributed by atoms with van der Waals surface area (Å²) in [6.07, 6.45) is 2.26. The van der Waals surface area contributed by atoms with Crippen molar-refractivity contribution in [3.8, 4) is 0 Å². The molecule has 1 heterocycles. The smallest absolute Gasteiger partial charge is 0.257 e. The summed E-state index contributed by atoms with van der Waals surface area (Å²) >= 11 is 1.31. The first-order valence-electron chi connectivity index (χ1n) is 7.08. The normalized spacial score (nSPS) is 13.9. The standard InChI is InChI=1S/C15H16N4O2S/c1-10-17-18-15(19(10)12-7-8-12)22-9-13(20)16-14(21)11-5-3-2-4-6-11/h2-6,12H,7-9H2,1H3,(H,16,20,21). The van der Waals surface area contributed by atoms with Crippen LogP contribution in [0.1, 0.15) is 35.1 Å². The summed E-state index contributed by atoms with van der Waals surface area (Å²) in [6.45, 7) is 1.91. The SMILES string of the molecule is Cc1nnc(SCC(=O)NC(=O)c2ccccc2)n1C1CC1. The lowest BCUT2D eigenvalue weighted by Crippen LogP contribution is -2.31. The van der Waals surface area contributed by atoms with Crippen molar-refractivity contribution >= 4 is 23.6 Å². The Labute approximate surface area is 132 Å². The van der Waals surface area contributed by atoms with Crippen LogP contribution in [-0.4, -0.2) is 32.3 Å². The summed E-state index contributed by atoms with van der Waals surface area (Å²) in [6, 6.07) is 9.14. The van der Waals surface area contributed by atoms with Crippen LogP contribution < -0.4 is 5.32 Å². The third-order valence-corrected chi connectivity index (χ3v) is 4.31. The van der Waals surface area contributed by atoms with Gasteiger partial charge in [0.1, 0.15) is 5.82 Å². The van der Waals surface area contributed by atoms with Gasteiger partial charge in [-0.2, -0.15) is 0 Å². The lowest BCUT2D eigenvalue weighted by molar-refractivity contribution is -0.117. The second kappa shape index (κ2) is 6.31. The van der Waals surface area contributed by atoms with Crippen LogP contribution in [0.15, 0.2) is 35.5 Å². The predicted octanol–water partition coefficient (Wildman–Crippen LogP) is 1.97. The Morgan fingerprint density at radius 2 is 2.00 bits per heavy atom. The summed E-state index contributed by atoms with van der Waals surface area (Å²) in [5.74, 6) is 0.294. The molecule has 22 heavy (non-hydrogen) atoms. The number of aromatic nitrogens is 3. The first-order chi connectivity index (χ1) is 10.6. The van der Waals surface area contributed by atoms with E-state index in [4.69, 9.17) is 0 Å². The fourth-order valence-electron chi connectivity index (χ4n) is 2.16. The Hall–Kier alpha value is -2.15. The van der Waals surface area contributed by atoms with Crippen LogP contribution in [0.4, 0.5) is 0 Å². The molecule has 1 N–H and O–H groups in total. The van der Waals surface area contributed by atoms with Gasteiger partial charge in [-0.1, -0.05) is 30.0 Å². The molecule has 0 unspecified atom stereocenters. The van der Waals surface area contributed by atoms with Crippen LogP contribution in [-0.2, 0) is 4.79 Å². The molecule has 1 aromatic heterocycles. The number of hydrogen-bond donors (Lipinski definition) is 1. The number of carbonyl (C=O) groups excluding carboxylic acids is 2. The molecule has 114 valence electrons. The van der Waals surface area contributed by atoms with Crippen molar-refractivity contribution in [1.82, 2.24) is 20.1 Å². The van der Waals surface area contributed by atoms with Gasteiger partial charge in [-0.15, -0.1) is 10.2 Å². The van der Waals surface area contributed by atoms with E-state index in [1.807, 2.05) is 13.0 Å². The summed E-state index contributed by atoms with van der Waals surface area (Å²) in [5.41, 5.74) is 0.470. The van der Waals surface area contributed by atoms with E-state index >= 15 is 0 Å². The van der Waals surface area contributed by atoms with E-state index in [9.17, 15) is 9.59 Å². The number of rotatable bonds is 5. The summed E-state index contributed by atoms with van der Waals surface area (Å²) in [4.78, 5) is 23.8. The first kappa shape index (κ1) is 14.8. The van der Waals surface area contributed by atoms with Gasteiger partial charge < -0.3 is 4.57 Å². The number of thioether (sulfide) groups is 1. The topological polar surface area (TPSA) is 76.9 Å². The maximum atomic E-state index is 11.9. The third kappa shape index (κ3) is 3.36. The number of benzene rings is 1. The highest BCUT2D eigenvalue weighted by Gasteiger charge is 2.28. The largest absolute Gasteiger partial charge is 0.303 e. The van der Waals surface area contributed by atoms with Gasteiger partial charge in [0.05, 0.1) is 5.75 Å². The zero-order valence-electron chi connectivity index (χ0n) is 12.2. The van der Waals surface area contributed by atoms with E-state index in [0.29, 0.717) is 11.6 Å². The number of nitrogens with one attached hydrogen (secondary N) is 1. The second-order valence-electron chi connectivity index (χ2n) is 5.16. The predicted molar refractivity (Wildman–Crippen MR) is 82.7 cm³/mol. The van der Waals surface area contributed by atoms with E-state index < -0.39 is 0 Å². The number of amides is 2. The maximum absolute atomic E-state index is 11.9. The van der Waals surface area contributed by atoms with Crippen molar-refractivity contribution < 1.29 is 9.59 Å². The van der Waals surface area contributed by atoms with Crippen LogP contribution >= 0.6 is 11.8 Å². The van der Waals surface area contributed by atoms with Gasteiger partial charge in [-0.05, 0) is 31.9 Å². The minimum Gasteiger partial charge on any atom is -0.303 e. The Kier molecular flexibility index (Phi) is 4.24. The van der Waals surface area contributed by atoms with Crippen LogP contribution in [0.3, 0.4) is 0 Å². The average molecular weight is 316 g/mol. The molecule has 1 aliphatic rings. The van der Waals surface area contributed by atoms with E-state index in [2.05, 4.69) is 20.1 Å². The lowest BCUT2D eigenvalue weighted by atomic mass is 10.2. The van der Waals surface area contributed by atoms with E-state index in [0.717, 1.165) is 23.8 Å². The van der Waals surface area contributed by atoms with Gasteiger partial charge in [0.25, 0.3) is 5.91 Å². The molecular formula is C15H16N4O2S. The van der Waals surface area contributed by atoms with Crippen molar-refractivity contribution in [2.24, 2.45) is 0 Å². The quantitative estimate of drug-likeness (QED) is 0.853. The van der Waals surface area contributed by atoms with Gasteiger partial charge in [-0.3, -0.25) is 14.9 Å². The highest BCUT2D eigenvalue weighted by Crippen LogP contribution is 2.38. The molecule has 1 fully saturated rings. The highest BCUT2D eigenvalue weighted by molar-refractivity contribution is 7.99. The van der Waals surface area contributed by atoms with Crippen LogP contribution in [0.5, 0.6) is 0 Å². The van der Waals surface area contributed by atoms with Crippen molar-refractivity contribution in [2.45, 2.75) is 31.0 Å². The van der Waals surface area contributed by atoms with E-state index in [1.54, 1.807) is 24.3 Å². The van der Waals surface area contributed by atoms with Gasteiger partial charge in [0, 0.05) is 11.6 Å². The molecule has 0 bridgehead atoms. The minimum atomic E-state index is -0.383. The molecule has 0 radical (unpaired) electrons. The van der Waals surface area contributed by atoms with Gasteiger partial charge in [0.2, 0.25) is 5.91 Å². The van der Waals surface area contributed by atoms with Crippen LogP contribution in [0, 0.1) is 6.92 Å². The van der Waals surface area contributed by atoms with Gasteiger partial charge in [0.15, 0.2) is 5.16 Å². The average Bonchev–Trinajstić information content (AvgIpc) is 3.29. The number of aryl methyl sites for hydroxylation is 1. The van der Waals surface area contributed by atoms with Crippen LogP contribution in [0.25, 0.3) is 0 Å². The van der Waals surface area contributed by atoms with Gasteiger partial charge in [-0.25, -0.2) is 0 Å². The summed E-state index contributed by atoms with van der Waals surface area (Å²) in [7, 11) is 0.